The molecule has 0 saturated heterocycles. The molecule has 0 spiro atoms. The number of nitrogens with zero attached hydrogens (tertiary/aromatic N) is 3. The number of hydrogen-bond acceptors (Lipinski definition) is 5. The van der Waals surface area contributed by atoms with E-state index >= 15 is 0 Å². The molecule has 0 amide bonds. The van der Waals surface area contributed by atoms with Crippen molar-refractivity contribution in [2.24, 2.45) is 0 Å². The third-order valence-electron chi connectivity index (χ3n) is 4.05. The summed E-state index contributed by atoms with van der Waals surface area (Å²) in [5.41, 5.74) is 2.17. The molecule has 3 aromatic carbocycles. The first kappa shape index (κ1) is 18.7. The monoisotopic (exact) mass is 389 g/mol. The number of benzene rings is 3. The molecular weight excluding hydrogens is 374 g/mol. The Bertz CT molecular complexity index is 1190. The Kier molecular flexibility index (Phi) is 5.37. The van der Waals surface area contributed by atoms with Crippen LogP contribution >= 0.6 is 0 Å². The van der Waals surface area contributed by atoms with Crippen LogP contribution in [0.25, 0.3) is 11.4 Å². The average molecular weight is 389 g/mol. The van der Waals surface area contributed by atoms with E-state index in [1.54, 1.807) is 36.4 Å². The van der Waals surface area contributed by atoms with E-state index in [0.29, 0.717) is 28.5 Å². The Morgan fingerprint density at radius 3 is 1.63 bits per heavy atom. The maximum absolute atomic E-state index is 5.84. The van der Waals surface area contributed by atoms with Crippen LogP contribution in [0.1, 0.15) is 11.1 Å². The van der Waals surface area contributed by atoms with Crippen LogP contribution in [0, 0.1) is 24.7 Å². The van der Waals surface area contributed by atoms with E-state index in [0.717, 1.165) is 5.56 Å². The average Bonchev–Trinajstić information content (AvgIpc) is 2.80. The van der Waals surface area contributed by atoms with Crippen molar-refractivity contribution in [3.8, 4) is 59.6 Å². The predicted octanol–water partition coefficient (Wildman–Crippen LogP) is 5.09. The molecule has 0 N–H and O–H groups in total. The molecule has 0 bridgehead atoms. The molecule has 0 unspecified atom stereocenters. The van der Waals surface area contributed by atoms with Crippen molar-refractivity contribution >= 4 is 0 Å². The van der Waals surface area contributed by atoms with Crippen LogP contribution in [0.5, 0.6) is 23.5 Å². The van der Waals surface area contributed by atoms with Gasteiger partial charge in [-0.3, -0.25) is 0 Å². The molecule has 1 heterocycles. The topological polar surface area (TPSA) is 57.1 Å². The molecule has 4 aromatic rings. The van der Waals surface area contributed by atoms with Gasteiger partial charge in [-0.25, -0.2) is 0 Å². The minimum Gasteiger partial charge on any atom is -0.424 e. The van der Waals surface area contributed by atoms with Crippen molar-refractivity contribution in [1.82, 2.24) is 15.0 Å². The standard InChI is InChI=1S/C25H15N3O2/c1-3-18-10-8-14-21(16-18)29-24-26-23(20-12-6-5-7-13-20)27-25(28-24)30-22-15-9-11-19(4-2)17-22/h1-2,5-17H. The first-order chi connectivity index (χ1) is 14.7. The molecule has 0 aliphatic carbocycles. The summed E-state index contributed by atoms with van der Waals surface area (Å²) in [6.07, 6.45) is 10.9. The lowest BCUT2D eigenvalue weighted by Gasteiger charge is -2.09. The second-order valence-corrected chi connectivity index (χ2v) is 6.14. The van der Waals surface area contributed by atoms with Gasteiger partial charge in [-0.15, -0.1) is 17.8 Å². The van der Waals surface area contributed by atoms with Gasteiger partial charge in [0.1, 0.15) is 11.5 Å². The quantitative estimate of drug-likeness (QED) is 0.445. The van der Waals surface area contributed by atoms with E-state index in [-0.39, 0.29) is 12.0 Å². The molecule has 5 heteroatoms. The maximum atomic E-state index is 5.84. The summed E-state index contributed by atoms with van der Waals surface area (Å²) < 4.78 is 11.7. The van der Waals surface area contributed by atoms with Crippen LogP contribution in [0.15, 0.2) is 78.9 Å². The van der Waals surface area contributed by atoms with E-state index in [4.69, 9.17) is 22.3 Å². The Hall–Kier alpha value is -4.61. The van der Waals surface area contributed by atoms with E-state index < -0.39 is 0 Å². The van der Waals surface area contributed by atoms with Gasteiger partial charge in [-0.1, -0.05) is 54.3 Å². The Morgan fingerprint density at radius 1 is 0.600 bits per heavy atom. The van der Waals surface area contributed by atoms with Gasteiger partial charge in [-0.05, 0) is 36.4 Å². The molecule has 30 heavy (non-hydrogen) atoms. The van der Waals surface area contributed by atoms with E-state index in [1.807, 2.05) is 42.5 Å². The lowest BCUT2D eigenvalue weighted by Crippen LogP contribution is -2.01. The summed E-state index contributed by atoms with van der Waals surface area (Å²) in [6, 6.07) is 23.9. The summed E-state index contributed by atoms with van der Waals surface area (Å²) in [7, 11) is 0. The molecule has 1 aromatic heterocycles. The molecule has 0 saturated carbocycles. The van der Waals surface area contributed by atoms with Crippen molar-refractivity contribution in [1.29, 1.82) is 0 Å². The SMILES string of the molecule is C#Cc1cccc(Oc2nc(Oc3cccc(C#C)c3)nc(-c3ccccc3)n2)c1. The summed E-state index contributed by atoms with van der Waals surface area (Å²) in [4.78, 5) is 13.1. The van der Waals surface area contributed by atoms with Gasteiger partial charge >= 0.3 is 12.0 Å². The molecule has 0 aliphatic heterocycles. The van der Waals surface area contributed by atoms with Crippen LogP contribution in [-0.4, -0.2) is 15.0 Å². The summed E-state index contributed by atoms with van der Waals surface area (Å²) in [5, 5.41) is 0. The summed E-state index contributed by atoms with van der Waals surface area (Å²) >= 11 is 0. The summed E-state index contributed by atoms with van der Waals surface area (Å²) in [6.45, 7) is 0. The number of rotatable bonds is 5. The highest BCUT2D eigenvalue weighted by Crippen LogP contribution is 2.26. The third kappa shape index (κ3) is 4.44. The Morgan fingerprint density at radius 2 is 1.13 bits per heavy atom. The number of ether oxygens (including phenoxy) is 2. The maximum Gasteiger partial charge on any atom is 0.328 e. The zero-order chi connectivity index (χ0) is 20.8. The van der Waals surface area contributed by atoms with Gasteiger partial charge in [0.15, 0.2) is 5.82 Å². The van der Waals surface area contributed by atoms with Gasteiger partial charge in [0.25, 0.3) is 0 Å². The van der Waals surface area contributed by atoms with Gasteiger partial charge in [0.05, 0.1) is 0 Å². The van der Waals surface area contributed by atoms with Crippen molar-refractivity contribution in [2.75, 3.05) is 0 Å². The smallest absolute Gasteiger partial charge is 0.328 e. The van der Waals surface area contributed by atoms with Gasteiger partial charge < -0.3 is 9.47 Å². The molecule has 0 aliphatic rings. The van der Waals surface area contributed by atoms with Crippen LogP contribution in [0.2, 0.25) is 0 Å². The molecule has 0 atom stereocenters. The van der Waals surface area contributed by atoms with E-state index in [2.05, 4.69) is 26.8 Å². The molecule has 0 fully saturated rings. The normalized spacial score (nSPS) is 9.93. The second kappa shape index (κ2) is 8.60. The van der Waals surface area contributed by atoms with Gasteiger partial charge in [-0.2, -0.15) is 9.97 Å². The van der Waals surface area contributed by atoms with Crippen molar-refractivity contribution in [3.05, 3.63) is 90.0 Å². The zero-order valence-electron chi connectivity index (χ0n) is 15.8. The molecule has 142 valence electrons. The highest BCUT2D eigenvalue weighted by atomic mass is 16.5. The largest absolute Gasteiger partial charge is 0.424 e. The first-order valence-corrected chi connectivity index (χ1v) is 9.04. The summed E-state index contributed by atoms with van der Waals surface area (Å²) in [5.74, 6) is 6.58. The zero-order valence-corrected chi connectivity index (χ0v) is 15.8. The van der Waals surface area contributed by atoms with Crippen molar-refractivity contribution in [3.63, 3.8) is 0 Å². The fourth-order valence-electron chi connectivity index (χ4n) is 2.66. The Labute approximate surface area is 174 Å². The lowest BCUT2D eigenvalue weighted by atomic mass is 10.2. The van der Waals surface area contributed by atoms with E-state index in [9.17, 15) is 0 Å². The number of terminal acetylenes is 2. The van der Waals surface area contributed by atoms with E-state index in [1.165, 1.54) is 0 Å². The molecule has 4 rings (SSSR count). The molecule has 5 nitrogen and oxygen atoms in total. The lowest BCUT2D eigenvalue weighted by molar-refractivity contribution is 0.398. The minimum absolute atomic E-state index is 0.0844. The van der Waals surface area contributed by atoms with Crippen LogP contribution < -0.4 is 9.47 Å². The fourth-order valence-corrected chi connectivity index (χ4v) is 2.66. The highest BCUT2D eigenvalue weighted by molar-refractivity contribution is 5.55. The minimum atomic E-state index is 0.0844. The van der Waals surface area contributed by atoms with Crippen LogP contribution in [0.3, 0.4) is 0 Å². The number of hydrogen-bond donors (Lipinski definition) is 0. The third-order valence-corrected chi connectivity index (χ3v) is 4.05. The predicted molar refractivity (Wildman–Crippen MR) is 114 cm³/mol. The highest BCUT2D eigenvalue weighted by Gasteiger charge is 2.12. The Balaban J connectivity index is 1.72. The van der Waals surface area contributed by atoms with Gasteiger partial charge in [0, 0.05) is 16.7 Å². The first-order valence-electron chi connectivity index (χ1n) is 9.04. The van der Waals surface area contributed by atoms with Crippen molar-refractivity contribution < 1.29 is 9.47 Å². The van der Waals surface area contributed by atoms with Crippen molar-refractivity contribution in [2.45, 2.75) is 0 Å². The molecule has 0 radical (unpaired) electrons. The molecular formula is C25H15N3O2. The second-order valence-electron chi connectivity index (χ2n) is 6.14. The van der Waals surface area contributed by atoms with Gasteiger partial charge in [0.2, 0.25) is 0 Å². The van der Waals surface area contributed by atoms with Crippen LogP contribution in [0.4, 0.5) is 0 Å². The van der Waals surface area contributed by atoms with Crippen LogP contribution in [-0.2, 0) is 0 Å². The number of aromatic nitrogens is 3. The fraction of sp³-hybridized carbons (Fsp3) is 0.